The molecule has 4 nitrogen and oxygen atoms in total. The van der Waals surface area contributed by atoms with Gasteiger partial charge in [-0.2, -0.15) is 18.3 Å². The van der Waals surface area contributed by atoms with Crippen molar-refractivity contribution >= 4 is 0 Å². The quantitative estimate of drug-likeness (QED) is 0.834. The number of nitrogens with zero attached hydrogens (tertiary/aromatic N) is 2. The Hall–Kier alpha value is -1.93. The molecule has 120 valence electrons. The van der Waals surface area contributed by atoms with Gasteiger partial charge in [0, 0.05) is 37.0 Å². The van der Waals surface area contributed by atoms with Gasteiger partial charge in [0.1, 0.15) is 5.82 Å². The van der Waals surface area contributed by atoms with Gasteiger partial charge < -0.3 is 10.6 Å². The number of likely N-dealkylation sites (N-methyl/N-ethyl adjacent to an activating group) is 1. The number of alkyl halides is 3. The summed E-state index contributed by atoms with van der Waals surface area (Å²) in [7, 11) is 1.81. The molecule has 0 bridgehead atoms. The molecule has 1 aromatic heterocycles. The Morgan fingerprint density at radius 3 is 2.68 bits per heavy atom. The lowest BCUT2D eigenvalue weighted by Gasteiger charge is -2.15. The van der Waals surface area contributed by atoms with Crippen LogP contribution in [0.15, 0.2) is 24.4 Å². The van der Waals surface area contributed by atoms with Crippen LogP contribution >= 0.6 is 0 Å². The van der Waals surface area contributed by atoms with E-state index in [9.17, 15) is 17.6 Å². The van der Waals surface area contributed by atoms with E-state index in [0.717, 1.165) is 12.1 Å². The monoisotopic (exact) mass is 316 g/mol. The number of H-pyrrole nitrogens is 1. The van der Waals surface area contributed by atoms with Crippen LogP contribution in [0.5, 0.6) is 0 Å². The van der Waals surface area contributed by atoms with Gasteiger partial charge in [-0.3, -0.25) is 5.10 Å². The highest BCUT2D eigenvalue weighted by Crippen LogP contribution is 2.34. The van der Waals surface area contributed by atoms with Crippen molar-refractivity contribution in [2.24, 2.45) is 5.73 Å². The molecule has 0 saturated heterocycles. The fourth-order valence-corrected chi connectivity index (χ4v) is 2.14. The minimum Gasteiger partial charge on any atom is -0.329 e. The van der Waals surface area contributed by atoms with Crippen LogP contribution in [-0.4, -0.2) is 35.2 Å². The molecular formula is C14H16F4N4. The second-order valence-electron chi connectivity index (χ2n) is 4.98. The van der Waals surface area contributed by atoms with Gasteiger partial charge in [-0.05, 0) is 25.2 Å². The first-order valence-electron chi connectivity index (χ1n) is 6.61. The van der Waals surface area contributed by atoms with E-state index in [1.54, 1.807) is 6.20 Å². The molecule has 3 N–H and O–H groups in total. The summed E-state index contributed by atoms with van der Waals surface area (Å²) in [5.74, 6) is -0.747. The van der Waals surface area contributed by atoms with Crippen molar-refractivity contribution < 1.29 is 17.6 Å². The SMILES string of the molecule is CN(CCN)Cc1c[nH]nc1-c1cc(C(F)(F)F)ccc1F. The maximum Gasteiger partial charge on any atom is 0.416 e. The Morgan fingerprint density at radius 2 is 2.05 bits per heavy atom. The number of aromatic nitrogens is 2. The van der Waals surface area contributed by atoms with Gasteiger partial charge >= 0.3 is 6.18 Å². The number of halogens is 4. The van der Waals surface area contributed by atoms with Crippen molar-refractivity contribution in [1.82, 2.24) is 15.1 Å². The second-order valence-corrected chi connectivity index (χ2v) is 4.98. The lowest BCUT2D eigenvalue weighted by Crippen LogP contribution is -2.25. The number of hydrogen-bond acceptors (Lipinski definition) is 3. The maximum absolute atomic E-state index is 13.9. The van der Waals surface area contributed by atoms with E-state index in [1.165, 1.54) is 0 Å². The van der Waals surface area contributed by atoms with E-state index < -0.39 is 17.6 Å². The molecule has 8 heteroatoms. The first-order chi connectivity index (χ1) is 10.3. The molecule has 0 aliphatic rings. The standard InChI is InChI=1S/C14H16F4N4/c1-22(5-4-19)8-9-7-20-21-13(9)11-6-10(14(16,17)18)2-3-12(11)15/h2-3,6-7H,4-5,8,19H2,1H3,(H,20,21). The molecule has 0 atom stereocenters. The molecule has 2 aromatic rings. The average molecular weight is 316 g/mol. The highest BCUT2D eigenvalue weighted by molar-refractivity contribution is 5.64. The Morgan fingerprint density at radius 1 is 1.32 bits per heavy atom. The summed E-state index contributed by atoms with van der Waals surface area (Å²) >= 11 is 0. The topological polar surface area (TPSA) is 57.9 Å². The normalized spacial score (nSPS) is 12.1. The Balaban J connectivity index is 2.38. The fraction of sp³-hybridized carbons (Fsp3) is 0.357. The van der Waals surface area contributed by atoms with Crippen LogP contribution in [-0.2, 0) is 12.7 Å². The average Bonchev–Trinajstić information content (AvgIpc) is 2.86. The molecule has 0 aliphatic carbocycles. The van der Waals surface area contributed by atoms with E-state index in [-0.39, 0.29) is 11.3 Å². The van der Waals surface area contributed by atoms with Gasteiger partial charge in [0.05, 0.1) is 11.3 Å². The second kappa shape index (κ2) is 6.45. The zero-order valence-corrected chi connectivity index (χ0v) is 11.9. The van der Waals surface area contributed by atoms with Crippen LogP contribution < -0.4 is 5.73 Å². The highest BCUT2D eigenvalue weighted by atomic mass is 19.4. The molecule has 0 saturated carbocycles. The van der Waals surface area contributed by atoms with Gasteiger partial charge in [-0.25, -0.2) is 4.39 Å². The molecule has 0 amide bonds. The van der Waals surface area contributed by atoms with Crippen LogP contribution in [0.2, 0.25) is 0 Å². The lowest BCUT2D eigenvalue weighted by atomic mass is 10.0. The summed E-state index contributed by atoms with van der Waals surface area (Å²) in [6.07, 6.45) is -2.99. The maximum atomic E-state index is 13.9. The molecular weight excluding hydrogens is 300 g/mol. The summed E-state index contributed by atoms with van der Waals surface area (Å²) in [6.45, 7) is 1.45. The largest absolute Gasteiger partial charge is 0.416 e. The summed E-state index contributed by atoms with van der Waals surface area (Å²) in [5.41, 5.74) is 5.15. The van der Waals surface area contributed by atoms with Gasteiger partial charge in [-0.1, -0.05) is 0 Å². The summed E-state index contributed by atoms with van der Waals surface area (Å²) in [6, 6.07) is 2.30. The Labute approximate surface area is 124 Å². The van der Waals surface area contributed by atoms with Crippen LogP contribution in [0, 0.1) is 5.82 Å². The van der Waals surface area contributed by atoms with Crippen LogP contribution in [0.25, 0.3) is 11.3 Å². The molecule has 0 radical (unpaired) electrons. The van der Waals surface area contributed by atoms with E-state index in [0.29, 0.717) is 31.3 Å². The van der Waals surface area contributed by atoms with E-state index >= 15 is 0 Å². The Kier molecular flexibility index (Phi) is 4.82. The molecule has 0 fully saturated rings. The molecule has 0 unspecified atom stereocenters. The van der Waals surface area contributed by atoms with E-state index in [4.69, 9.17) is 5.73 Å². The first-order valence-corrected chi connectivity index (χ1v) is 6.61. The lowest BCUT2D eigenvalue weighted by molar-refractivity contribution is -0.137. The molecule has 0 aliphatic heterocycles. The van der Waals surface area contributed by atoms with Crippen LogP contribution in [0.4, 0.5) is 17.6 Å². The minimum atomic E-state index is -4.53. The third-order valence-corrected chi connectivity index (χ3v) is 3.22. The van der Waals surface area contributed by atoms with E-state index in [2.05, 4.69) is 10.2 Å². The van der Waals surface area contributed by atoms with Gasteiger partial charge in [-0.15, -0.1) is 0 Å². The van der Waals surface area contributed by atoms with Crippen molar-refractivity contribution in [3.63, 3.8) is 0 Å². The predicted octanol–water partition coefficient (Wildman–Crippen LogP) is 2.63. The number of nitrogens with two attached hydrogens (primary N) is 1. The zero-order valence-electron chi connectivity index (χ0n) is 11.9. The van der Waals surface area contributed by atoms with Crippen LogP contribution in [0.3, 0.4) is 0 Å². The smallest absolute Gasteiger partial charge is 0.329 e. The third-order valence-electron chi connectivity index (χ3n) is 3.22. The van der Waals surface area contributed by atoms with Gasteiger partial charge in [0.2, 0.25) is 0 Å². The number of nitrogens with one attached hydrogen (secondary N) is 1. The molecule has 0 spiro atoms. The molecule has 1 aromatic carbocycles. The molecule has 2 rings (SSSR count). The van der Waals surface area contributed by atoms with Crippen LogP contribution in [0.1, 0.15) is 11.1 Å². The van der Waals surface area contributed by atoms with Gasteiger partial charge in [0.25, 0.3) is 0 Å². The summed E-state index contributed by atoms with van der Waals surface area (Å²) < 4.78 is 52.3. The summed E-state index contributed by atoms with van der Waals surface area (Å²) in [4.78, 5) is 1.87. The number of benzene rings is 1. The first kappa shape index (κ1) is 16.4. The Bertz CT molecular complexity index is 636. The third kappa shape index (κ3) is 3.63. The minimum absolute atomic E-state index is 0.174. The number of aromatic amines is 1. The fourth-order valence-electron chi connectivity index (χ4n) is 2.14. The van der Waals surface area contributed by atoms with Crippen molar-refractivity contribution in [2.45, 2.75) is 12.7 Å². The molecule has 1 heterocycles. The summed E-state index contributed by atoms with van der Waals surface area (Å²) in [5, 5.41) is 6.47. The highest BCUT2D eigenvalue weighted by Gasteiger charge is 2.31. The van der Waals surface area contributed by atoms with Crippen molar-refractivity contribution in [3.05, 3.63) is 41.3 Å². The van der Waals surface area contributed by atoms with Crippen molar-refractivity contribution in [3.8, 4) is 11.3 Å². The number of hydrogen-bond donors (Lipinski definition) is 2. The predicted molar refractivity (Wildman–Crippen MR) is 74.4 cm³/mol. The van der Waals surface area contributed by atoms with Crippen molar-refractivity contribution in [2.75, 3.05) is 20.1 Å². The van der Waals surface area contributed by atoms with E-state index in [1.807, 2.05) is 11.9 Å². The van der Waals surface area contributed by atoms with Crippen molar-refractivity contribution in [1.29, 1.82) is 0 Å². The zero-order chi connectivity index (χ0) is 16.3. The van der Waals surface area contributed by atoms with Gasteiger partial charge in [0.15, 0.2) is 0 Å². The number of rotatable bonds is 5. The molecule has 22 heavy (non-hydrogen) atoms.